The number of aromatic nitrogens is 1. The molecule has 4 N–H and O–H groups in total. The number of nitrogens with zero attached hydrogens (tertiary/aromatic N) is 1. The molecule has 0 saturated carbocycles. The van der Waals surface area contributed by atoms with Gasteiger partial charge < -0.3 is 16.2 Å². The highest BCUT2D eigenvalue weighted by Crippen LogP contribution is 2.25. The van der Waals surface area contributed by atoms with Gasteiger partial charge in [0.1, 0.15) is 11.6 Å². The van der Waals surface area contributed by atoms with Crippen molar-refractivity contribution in [2.75, 3.05) is 11.1 Å². The Morgan fingerprint density at radius 2 is 2.00 bits per heavy atom. The smallest absolute Gasteiger partial charge is 0.134 e. The Bertz CT molecular complexity index is 756. The van der Waals surface area contributed by atoms with Crippen LogP contribution in [0.5, 0.6) is 5.75 Å². The Hall–Kier alpha value is -2.75. The average molecular weight is 265 g/mol. The molecule has 1 heterocycles. The predicted octanol–water partition coefficient (Wildman–Crippen LogP) is 3.13. The van der Waals surface area contributed by atoms with Gasteiger partial charge in [-0.05, 0) is 41.3 Å². The summed E-state index contributed by atoms with van der Waals surface area (Å²) in [7, 11) is 0. The SMILES string of the molecule is Nc1cccc(CNc2nccc3ccc(O)cc23)c1. The molecular formula is C16H15N3O. The molecule has 0 aliphatic heterocycles. The minimum Gasteiger partial charge on any atom is -0.508 e. The van der Waals surface area contributed by atoms with Crippen molar-refractivity contribution < 1.29 is 5.11 Å². The Labute approximate surface area is 116 Å². The lowest BCUT2D eigenvalue weighted by molar-refractivity contribution is 0.476. The summed E-state index contributed by atoms with van der Waals surface area (Å²) in [5.74, 6) is 0.985. The number of rotatable bonds is 3. The van der Waals surface area contributed by atoms with Crippen LogP contribution in [0.15, 0.2) is 54.7 Å². The van der Waals surface area contributed by atoms with E-state index in [4.69, 9.17) is 5.73 Å². The number of aromatic hydroxyl groups is 1. The van der Waals surface area contributed by atoms with Crippen LogP contribution in [0.25, 0.3) is 10.8 Å². The second-order valence-electron chi connectivity index (χ2n) is 4.66. The molecule has 0 radical (unpaired) electrons. The maximum absolute atomic E-state index is 9.60. The first-order chi connectivity index (χ1) is 9.72. The van der Waals surface area contributed by atoms with E-state index < -0.39 is 0 Å². The third-order valence-corrected chi connectivity index (χ3v) is 3.16. The molecule has 0 saturated heterocycles. The average Bonchev–Trinajstić information content (AvgIpc) is 2.45. The molecule has 0 amide bonds. The van der Waals surface area contributed by atoms with Crippen LogP contribution in [0.4, 0.5) is 11.5 Å². The minimum absolute atomic E-state index is 0.234. The van der Waals surface area contributed by atoms with E-state index in [-0.39, 0.29) is 5.75 Å². The lowest BCUT2D eigenvalue weighted by Gasteiger charge is -2.09. The van der Waals surface area contributed by atoms with Gasteiger partial charge in [-0.15, -0.1) is 0 Å². The van der Waals surface area contributed by atoms with Crippen LogP contribution in [-0.4, -0.2) is 10.1 Å². The normalized spacial score (nSPS) is 10.6. The highest BCUT2D eigenvalue weighted by molar-refractivity contribution is 5.92. The Morgan fingerprint density at radius 1 is 1.10 bits per heavy atom. The van der Waals surface area contributed by atoms with E-state index >= 15 is 0 Å². The molecule has 0 spiro atoms. The van der Waals surface area contributed by atoms with E-state index in [0.29, 0.717) is 6.54 Å². The van der Waals surface area contributed by atoms with Crippen LogP contribution < -0.4 is 11.1 Å². The van der Waals surface area contributed by atoms with Crippen LogP contribution in [0.2, 0.25) is 0 Å². The van der Waals surface area contributed by atoms with Crippen molar-refractivity contribution in [1.82, 2.24) is 4.98 Å². The van der Waals surface area contributed by atoms with E-state index in [9.17, 15) is 5.11 Å². The number of nitrogens with two attached hydrogens (primary N) is 1. The number of phenolic OH excluding ortho intramolecular Hbond substituents is 1. The Morgan fingerprint density at radius 3 is 2.85 bits per heavy atom. The van der Waals surface area contributed by atoms with E-state index in [1.807, 2.05) is 36.4 Å². The molecule has 100 valence electrons. The van der Waals surface area contributed by atoms with E-state index in [2.05, 4.69) is 10.3 Å². The predicted molar refractivity (Wildman–Crippen MR) is 81.6 cm³/mol. The van der Waals surface area contributed by atoms with Crippen molar-refractivity contribution in [2.45, 2.75) is 6.54 Å². The highest BCUT2D eigenvalue weighted by Gasteiger charge is 2.03. The standard InChI is InChI=1S/C16H15N3O/c17-13-3-1-2-11(8-13)10-19-16-15-9-14(20)5-4-12(15)6-7-18-16/h1-9,20H,10,17H2,(H,18,19). The molecule has 3 rings (SSSR count). The third-order valence-electron chi connectivity index (χ3n) is 3.16. The number of benzene rings is 2. The van der Waals surface area contributed by atoms with Gasteiger partial charge in [-0.3, -0.25) is 0 Å². The van der Waals surface area contributed by atoms with Gasteiger partial charge in [-0.2, -0.15) is 0 Å². The number of hydrogen-bond donors (Lipinski definition) is 3. The van der Waals surface area contributed by atoms with Gasteiger partial charge in [0, 0.05) is 23.8 Å². The number of phenols is 1. The summed E-state index contributed by atoms with van der Waals surface area (Å²) in [6, 6.07) is 14.9. The quantitative estimate of drug-likeness (QED) is 0.636. The summed E-state index contributed by atoms with van der Waals surface area (Å²) >= 11 is 0. The van der Waals surface area contributed by atoms with Crippen LogP contribution in [0.3, 0.4) is 0 Å². The summed E-state index contributed by atoms with van der Waals surface area (Å²) in [5, 5.41) is 14.8. The summed E-state index contributed by atoms with van der Waals surface area (Å²) < 4.78 is 0. The van der Waals surface area contributed by atoms with Gasteiger partial charge in [-0.1, -0.05) is 18.2 Å². The second kappa shape index (κ2) is 5.09. The molecule has 20 heavy (non-hydrogen) atoms. The maximum Gasteiger partial charge on any atom is 0.134 e. The lowest BCUT2D eigenvalue weighted by Crippen LogP contribution is -2.02. The van der Waals surface area contributed by atoms with Crippen molar-refractivity contribution in [3.63, 3.8) is 0 Å². The molecule has 0 fully saturated rings. The first kappa shape index (κ1) is 12.3. The highest BCUT2D eigenvalue weighted by atomic mass is 16.3. The molecular weight excluding hydrogens is 250 g/mol. The zero-order chi connectivity index (χ0) is 13.9. The molecule has 0 aliphatic carbocycles. The van der Waals surface area contributed by atoms with Crippen LogP contribution >= 0.6 is 0 Å². The van der Waals surface area contributed by atoms with E-state index in [1.54, 1.807) is 18.3 Å². The fourth-order valence-corrected chi connectivity index (χ4v) is 2.19. The second-order valence-corrected chi connectivity index (χ2v) is 4.66. The summed E-state index contributed by atoms with van der Waals surface area (Å²) in [5.41, 5.74) is 7.59. The van der Waals surface area contributed by atoms with Gasteiger partial charge in [0.15, 0.2) is 0 Å². The molecule has 4 heteroatoms. The topological polar surface area (TPSA) is 71.2 Å². The number of anilines is 2. The lowest BCUT2D eigenvalue weighted by atomic mass is 10.1. The molecule has 4 nitrogen and oxygen atoms in total. The molecule has 1 aromatic heterocycles. The number of pyridine rings is 1. The largest absolute Gasteiger partial charge is 0.508 e. The third kappa shape index (κ3) is 2.49. The summed E-state index contributed by atoms with van der Waals surface area (Å²) in [6.45, 7) is 0.632. The zero-order valence-electron chi connectivity index (χ0n) is 10.9. The Balaban J connectivity index is 1.89. The molecule has 0 atom stereocenters. The van der Waals surface area contributed by atoms with Gasteiger partial charge in [0.25, 0.3) is 0 Å². The monoisotopic (exact) mass is 265 g/mol. The summed E-state index contributed by atoms with van der Waals surface area (Å²) in [6.07, 6.45) is 1.75. The molecule has 0 bridgehead atoms. The number of nitrogens with one attached hydrogen (secondary N) is 1. The van der Waals surface area contributed by atoms with Crippen molar-refractivity contribution in [3.8, 4) is 5.75 Å². The molecule has 3 aromatic rings. The van der Waals surface area contributed by atoms with Crippen LogP contribution in [-0.2, 0) is 6.54 Å². The number of nitrogen functional groups attached to an aromatic ring is 1. The zero-order valence-corrected chi connectivity index (χ0v) is 10.9. The van der Waals surface area contributed by atoms with Gasteiger partial charge in [0.2, 0.25) is 0 Å². The first-order valence-electron chi connectivity index (χ1n) is 6.38. The fourth-order valence-electron chi connectivity index (χ4n) is 2.19. The van der Waals surface area contributed by atoms with Crippen LogP contribution in [0.1, 0.15) is 5.56 Å². The van der Waals surface area contributed by atoms with Crippen molar-refractivity contribution in [3.05, 3.63) is 60.3 Å². The Kier molecular flexibility index (Phi) is 3.13. The van der Waals surface area contributed by atoms with Crippen molar-refractivity contribution in [1.29, 1.82) is 0 Å². The molecule has 2 aromatic carbocycles. The minimum atomic E-state index is 0.234. The maximum atomic E-state index is 9.60. The molecule has 0 unspecified atom stereocenters. The van der Waals surface area contributed by atoms with Gasteiger partial charge in [0.05, 0.1) is 0 Å². The first-order valence-corrected chi connectivity index (χ1v) is 6.38. The van der Waals surface area contributed by atoms with Crippen molar-refractivity contribution in [2.24, 2.45) is 0 Å². The van der Waals surface area contributed by atoms with Crippen LogP contribution in [0, 0.1) is 0 Å². The van der Waals surface area contributed by atoms with E-state index in [1.165, 1.54) is 0 Å². The number of fused-ring (bicyclic) bond motifs is 1. The van der Waals surface area contributed by atoms with E-state index in [0.717, 1.165) is 27.8 Å². The van der Waals surface area contributed by atoms with Crippen molar-refractivity contribution >= 4 is 22.3 Å². The summed E-state index contributed by atoms with van der Waals surface area (Å²) in [4.78, 5) is 4.33. The molecule has 0 aliphatic rings. The van der Waals surface area contributed by atoms with Gasteiger partial charge in [-0.25, -0.2) is 4.98 Å². The fraction of sp³-hybridized carbons (Fsp3) is 0.0625. The number of hydrogen-bond acceptors (Lipinski definition) is 4. The van der Waals surface area contributed by atoms with Gasteiger partial charge >= 0.3 is 0 Å².